The highest BCUT2D eigenvalue weighted by Crippen LogP contribution is 2.31. The Hall–Kier alpha value is -3.34. The van der Waals surface area contributed by atoms with E-state index in [0.29, 0.717) is 11.5 Å². The molecule has 1 aliphatic heterocycles. The molecule has 1 saturated heterocycles. The fraction of sp³-hybridized carbons (Fsp3) is 0.524. The molecule has 176 valence electrons. The first kappa shape index (κ1) is 24.9. The minimum absolute atomic E-state index is 0.326. The van der Waals surface area contributed by atoms with E-state index in [1.807, 2.05) is 0 Å². The number of rotatable bonds is 8. The zero-order valence-electron chi connectivity index (χ0n) is 18.4. The zero-order chi connectivity index (χ0) is 23.8. The van der Waals surface area contributed by atoms with Crippen LogP contribution in [0.5, 0.6) is 11.5 Å². The lowest BCUT2D eigenvalue weighted by Crippen LogP contribution is -2.63. The van der Waals surface area contributed by atoms with Crippen LogP contribution >= 0.6 is 0 Å². The fourth-order valence-electron chi connectivity index (χ4n) is 3.07. The summed E-state index contributed by atoms with van der Waals surface area (Å²) in [5.41, 5.74) is 0. The molecule has 0 spiro atoms. The summed E-state index contributed by atoms with van der Waals surface area (Å²) in [4.78, 5) is 46.6. The predicted molar refractivity (Wildman–Crippen MR) is 106 cm³/mol. The van der Waals surface area contributed by atoms with Gasteiger partial charge in [0.25, 0.3) is 0 Å². The predicted octanol–water partition coefficient (Wildman–Crippen LogP) is 1.16. The lowest BCUT2D eigenvalue weighted by atomic mass is 9.98. The molecule has 11 heteroatoms. The van der Waals surface area contributed by atoms with Gasteiger partial charge in [-0.2, -0.15) is 0 Å². The maximum Gasteiger partial charge on any atom is 0.303 e. The summed E-state index contributed by atoms with van der Waals surface area (Å²) in [5.74, 6) is -1.83. The number of benzene rings is 1. The number of esters is 4. The molecule has 0 amide bonds. The quantitative estimate of drug-likeness (QED) is 0.414. The van der Waals surface area contributed by atoms with Crippen molar-refractivity contribution < 1.29 is 52.3 Å². The molecule has 1 heterocycles. The molecule has 2 rings (SSSR count). The molecule has 0 radical (unpaired) electrons. The molecular formula is C21H26O11. The van der Waals surface area contributed by atoms with Crippen LogP contribution in [0.2, 0.25) is 0 Å². The minimum Gasteiger partial charge on any atom is -0.497 e. The van der Waals surface area contributed by atoms with Crippen molar-refractivity contribution in [2.45, 2.75) is 58.4 Å². The minimum atomic E-state index is -1.29. The second-order valence-electron chi connectivity index (χ2n) is 6.86. The van der Waals surface area contributed by atoms with Crippen LogP contribution in [0.25, 0.3) is 0 Å². The Kier molecular flexibility index (Phi) is 8.82. The molecule has 1 aliphatic rings. The third-order valence-electron chi connectivity index (χ3n) is 4.26. The number of hydrogen-bond donors (Lipinski definition) is 0. The van der Waals surface area contributed by atoms with Gasteiger partial charge >= 0.3 is 23.9 Å². The number of carbonyl (C=O) groups is 4. The Morgan fingerprint density at radius 2 is 1.25 bits per heavy atom. The molecule has 1 fully saturated rings. The molecule has 5 atom stereocenters. The molecular weight excluding hydrogens is 428 g/mol. The summed E-state index contributed by atoms with van der Waals surface area (Å²) in [6.07, 6.45) is -6.20. The molecule has 0 bridgehead atoms. The molecule has 0 aliphatic carbocycles. The van der Waals surface area contributed by atoms with Crippen LogP contribution in [0.15, 0.2) is 24.3 Å². The van der Waals surface area contributed by atoms with Gasteiger partial charge in [0, 0.05) is 27.7 Å². The molecule has 1 aromatic carbocycles. The van der Waals surface area contributed by atoms with Gasteiger partial charge in [0.05, 0.1) is 7.11 Å². The van der Waals surface area contributed by atoms with E-state index in [1.165, 1.54) is 14.0 Å². The van der Waals surface area contributed by atoms with Crippen molar-refractivity contribution >= 4 is 23.9 Å². The topological polar surface area (TPSA) is 133 Å². The standard InChI is InChI=1S/C21H26O11/c1-11(22)27-10-17-18(28-12(2)23)19(29-13(3)24)20(30-14(4)25)21(32-17)31-16-8-6-15(26-5)7-9-16/h6-9,17-21H,10H2,1-5H3/t17-,18+,19+,20-,21+/m1/s1. The fourth-order valence-corrected chi connectivity index (χ4v) is 3.07. The highest BCUT2D eigenvalue weighted by Gasteiger charge is 2.53. The summed E-state index contributed by atoms with van der Waals surface area (Å²) in [7, 11) is 1.51. The first-order valence-corrected chi connectivity index (χ1v) is 9.72. The Morgan fingerprint density at radius 1 is 0.750 bits per heavy atom. The number of methoxy groups -OCH3 is 1. The lowest BCUT2D eigenvalue weighted by molar-refractivity contribution is -0.288. The van der Waals surface area contributed by atoms with Crippen LogP contribution < -0.4 is 9.47 Å². The van der Waals surface area contributed by atoms with Crippen LogP contribution in [0.1, 0.15) is 27.7 Å². The van der Waals surface area contributed by atoms with Gasteiger partial charge in [0.2, 0.25) is 12.4 Å². The van der Waals surface area contributed by atoms with Gasteiger partial charge in [-0.25, -0.2) is 0 Å². The molecule has 32 heavy (non-hydrogen) atoms. The molecule has 0 N–H and O–H groups in total. The van der Waals surface area contributed by atoms with Crippen molar-refractivity contribution in [3.8, 4) is 11.5 Å². The van der Waals surface area contributed by atoms with Crippen LogP contribution in [-0.2, 0) is 42.9 Å². The van der Waals surface area contributed by atoms with E-state index in [4.69, 9.17) is 33.2 Å². The van der Waals surface area contributed by atoms with E-state index < -0.39 is 54.6 Å². The number of ether oxygens (including phenoxy) is 7. The lowest BCUT2D eigenvalue weighted by Gasteiger charge is -2.43. The third kappa shape index (κ3) is 7.12. The Labute approximate surface area is 184 Å². The Balaban J connectivity index is 2.42. The van der Waals surface area contributed by atoms with E-state index in [-0.39, 0.29) is 6.61 Å². The van der Waals surface area contributed by atoms with Crippen molar-refractivity contribution in [1.29, 1.82) is 0 Å². The van der Waals surface area contributed by atoms with Crippen LogP contribution in [0, 0.1) is 0 Å². The maximum atomic E-state index is 11.8. The Bertz CT molecular complexity index is 820. The SMILES string of the molecule is COc1ccc(O[C@H]2O[C@H](COC(C)=O)[C@H](OC(C)=O)[C@H](OC(C)=O)[C@H]2OC(C)=O)cc1. The average Bonchev–Trinajstić information content (AvgIpc) is 2.70. The second-order valence-corrected chi connectivity index (χ2v) is 6.86. The molecule has 0 aromatic heterocycles. The van der Waals surface area contributed by atoms with E-state index in [1.54, 1.807) is 24.3 Å². The van der Waals surface area contributed by atoms with Gasteiger partial charge in [-0.05, 0) is 24.3 Å². The summed E-state index contributed by atoms with van der Waals surface area (Å²) in [6.45, 7) is 4.31. The van der Waals surface area contributed by atoms with Gasteiger partial charge in [-0.15, -0.1) is 0 Å². The normalized spacial score (nSPS) is 24.6. The maximum absolute atomic E-state index is 11.8. The van der Waals surface area contributed by atoms with E-state index in [0.717, 1.165) is 20.8 Å². The second kappa shape index (κ2) is 11.3. The summed E-state index contributed by atoms with van der Waals surface area (Å²) in [5, 5.41) is 0. The van der Waals surface area contributed by atoms with Gasteiger partial charge < -0.3 is 33.2 Å². The van der Waals surface area contributed by atoms with E-state index in [9.17, 15) is 19.2 Å². The molecule has 11 nitrogen and oxygen atoms in total. The van der Waals surface area contributed by atoms with Crippen molar-refractivity contribution in [3.05, 3.63) is 24.3 Å². The largest absolute Gasteiger partial charge is 0.497 e. The Morgan fingerprint density at radius 3 is 1.75 bits per heavy atom. The molecule has 1 aromatic rings. The number of carbonyl (C=O) groups excluding carboxylic acids is 4. The van der Waals surface area contributed by atoms with Gasteiger partial charge in [-0.1, -0.05) is 0 Å². The smallest absolute Gasteiger partial charge is 0.303 e. The van der Waals surface area contributed by atoms with Gasteiger partial charge in [-0.3, -0.25) is 19.2 Å². The van der Waals surface area contributed by atoms with E-state index in [2.05, 4.69) is 0 Å². The van der Waals surface area contributed by atoms with Crippen molar-refractivity contribution in [3.63, 3.8) is 0 Å². The first-order valence-electron chi connectivity index (χ1n) is 9.72. The van der Waals surface area contributed by atoms with Crippen molar-refractivity contribution in [2.24, 2.45) is 0 Å². The van der Waals surface area contributed by atoms with Crippen LogP contribution in [0.4, 0.5) is 0 Å². The summed E-state index contributed by atoms with van der Waals surface area (Å²) >= 11 is 0. The van der Waals surface area contributed by atoms with Gasteiger partial charge in [0.1, 0.15) is 24.2 Å². The van der Waals surface area contributed by atoms with Crippen molar-refractivity contribution in [1.82, 2.24) is 0 Å². The van der Waals surface area contributed by atoms with Crippen LogP contribution in [-0.4, -0.2) is 68.3 Å². The first-order chi connectivity index (χ1) is 15.1. The number of hydrogen-bond acceptors (Lipinski definition) is 11. The van der Waals surface area contributed by atoms with Crippen molar-refractivity contribution in [2.75, 3.05) is 13.7 Å². The highest BCUT2D eigenvalue weighted by molar-refractivity contribution is 5.68. The molecule has 0 unspecified atom stereocenters. The van der Waals surface area contributed by atoms with E-state index >= 15 is 0 Å². The highest BCUT2D eigenvalue weighted by atomic mass is 16.7. The third-order valence-corrected chi connectivity index (χ3v) is 4.26. The average molecular weight is 454 g/mol. The molecule has 0 saturated carbocycles. The van der Waals surface area contributed by atoms with Crippen LogP contribution in [0.3, 0.4) is 0 Å². The monoisotopic (exact) mass is 454 g/mol. The summed E-state index contributed by atoms with van der Waals surface area (Å²) in [6, 6.07) is 6.46. The summed E-state index contributed by atoms with van der Waals surface area (Å²) < 4.78 is 37.8. The van der Waals surface area contributed by atoms with Gasteiger partial charge in [0.15, 0.2) is 12.2 Å². The zero-order valence-corrected chi connectivity index (χ0v) is 18.4.